The van der Waals surface area contributed by atoms with Crippen LogP contribution in [0.2, 0.25) is 0 Å². The fourth-order valence-electron chi connectivity index (χ4n) is 1.31. The number of likely N-dealkylation sites (N-methyl/N-ethyl adjacent to an activating group) is 1. The first-order valence-electron chi connectivity index (χ1n) is 5.13. The molecule has 0 heterocycles. The van der Waals surface area contributed by atoms with Gasteiger partial charge in [-0.25, -0.2) is 0 Å². The van der Waals surface area contributed by atoms with Crippen molar-refractivity contribution in [3.05, 3.63) is 30.3 Å². The van der Waals surface area contributed by atoms with Crippen LogP contribution in [0.3, 0.4) is 0 Å². The van der Waals surface area contributed by atoms with Gasteiger partial charge in [0.1, 0.15) is 0 Å². The van der Waals surface area contributed by atoms with E-state index in [4.69, 9.17) is 5.73 Å². The van der Waals surface area contributed by atoms with Crippen molar-refractivity contribution in [3.63, 3.8) is 0 Å². The average molecular weight is 192 g/mol. The molecule has 1 atom stereocenters. The molecule has 0 saturated carbocycles. The van der Waals surface area contributed by atoms with Gasteiger partial charge in [0.2, 0.25) is 0 Å². The van der Waals surface area contributed by atoms with E-state index in [0.717, 1.165) is 6.54 Å². The van der Waals surface area contributed by atoms with Gasteiger partial charge in [-0.2, -0.15) is 0 Å². The lowest BCUT2D eigenvalue weighted by atomic mass is 10.1. The highest BCUT2D eigenvalue weighted by Gasteiger charge is 2.10. The summed E-state index contributed by atoms with van der Waals surface area (Å²) in [7, 11) is 2.08. The molecule has 78 valence electrons. The van der Waals surface area contributed by atoms with Crippen molar-refractivity contribution in [2.45, 2.75) is 19.9 Å². The highest BCUT2D eigenvalue weighted by Crippen LogP contribution is 2.12. The molecule has 2 N–H and O–H groups in total. The van der Waals surface area contributed by atoms with E-state index in [1.54, 1.807) is 0 Å². The van der Waals surface area contributed by atoms with Crippen molar-refractivity contribution >= 4 is 5.69 Å². The third-order valence-corrected chi connectivity index (χ3v) is 2.54. The van der Waals surface area contributed by atoms with Gasteiger partial charge in [-0.15, -0.1) is 0 Å². The molecule has 0 aliphatic rings. The van der Waals surface area contributed by atoms with Crippen LogP contribution in [0.25, 0.3) is 0 Å². The third kappa shape index (κ3) is 3.04. The Labute approximate surface area is 86.7 Å². The average Bonchev–Trinajstić information content (AvgIpc) is 2.19. The summed E-state index contributed by atoms with van der Waals surface area (Å²) in [5, 5.41) is 0. The monoisotopic (exact) mass is 192 g/mol. The van der Waals surface area contributed by atoms with Crippen molar-refractivity contribution in [1.29, 1.82) is 0 Å². The lowest BCUT2D eigenvalue weighted by Crippen LogP contribution is -2.38. The standard InChI is InChI=1S/C12H20N2/c1-10(2)12(13)9-14(3)11-7-5-4-6-8-11/h4-8,10,12H,9,13H2,1-3H3/t12-/m1/s1. The quantitative estimate of drug-likeness (QED) is 0.791. The Morgan fingerprint density at radius 2 is 1.79 bits per heavy atom. The summed E-state index contributed by atoms with van der Waals surface area (Å²) in [5.74, 6) is 0.529. The van der Waals surface area contributed by atoms with Crippen LogP contribution < -0.4 is 10.6 Å². The van der Waals surface area contributed by atoms with Gasteiger partial charge in [0.25, 0.3) is 0 Å². The molecule has 2 heteroatoms. The zero-order valence-electron chi connectivity index (χ0n) is 9.27. The molecule has 0 bridgehead atoms. The number of para-hydroxylation sites is 1. The SMILES string of the molecule is CC(C)[C@H](N)CN(C)c1ccccc1. The van der Waals surface area contributed by atoms with Crippen LogP contribution in [0, 0.1) is 5.92 Å². The second-order valence-corrected chi connectivity index (χ2v) is 4.12. The van der Waals surface area contributed by atoms with E-state index in [1.807, 2.05) is 18.2 Å². The van der Waals surface area contributed by atoms with Crippen molar-refractivity contribution in [1.82, 2.24) is 0 Å². The lowest BCUT2D eigenvalue weighted by molar-refractivity contribution is 0.493. The molecule has 0 fully saturated rings. The van der Waals surface area contributed by atoms with Crippen molar-refractivity contribution in [2.75, 3.05) is 18.5 Å². The van der Waals surface area contributed by atoms with Gasteiger partial charge in [-0.05, 0) is 18.1 Å². The number of nitrogens with two attached hydrogens (primary N) is 1. The van der Waals surface area contributed by atoms with Gasteiger partial charge in [0.05, 0.1) is 0 Å². The van der Waals surface area contributed by atoms with Gasteiger partial charge >= 0.3 is 0 Å². The van der Waals surface area contributed by atoms with E-state index < -0.39 is 0 Å². The number of nitrogens with zero attached hydrogens (tertiary/aromatic N) is 1. The molecule has 0 aliphatic carbocycles. The molecule has 0 saturated heterocycles. The van der Waals surface area contributed by atoms with E-state index in [0.29, 0.717) is 5.92 Å². The van der Waals surface area contributed by atoms with Crippen LogP contribution in [0.1, 0.15) is 13.8 Å². The molecular weight excluding hydrogens is 172 g/mol. The first-order valence-corrected chi connectivity index (χ1v) is 5.13. The molecular formula is C12H20N2. The zero-order chi connectivity index (χ0) is 10.6. The molecule has 0 aromatic heterocycles. The van der Waals surface area contributed by atoms with Crippen molar-refractivity contribution < 1.29 is 0 Å². The van der Waals surface area contributed by atoms with Crippen LogP contribution in [-0.4, -0.2) is 19.6 Å². The van der Waals surface area contributed by atoms with Crippen LogP contribution in [-0.2, 0) is 0 Å². The first-order chi connectivity index (χ1) is 6.61. The van der Waals surface area contributed by atoms with Gasteiger partial charge in [-0.1, -0.05) is 32.0 Å². The highest BCUT2D eigenvalue weighted by atomic mass is 15.1. The highest BCUT2D eigenvalue weighted by molar-refractivity contribution is 5.45. The molecule has 14 heavy (non-hydrogen) atoms. The summed E-state index contributed by atoms with van der Waals surface area (Å²) >= 11 is 0. The van der Waals surface area contributed by atoms with E-state index >= 15 is 0 Å². The van der Waals surface area contributed by atoms with Crippen molar-refractivity contribution in [2.24, 2.45) is 11.7 Å². The Bertz CT molecular complexity index is 256. The summed E-state index contributed by atoms with van der Waals surface area (Å²) in [6, 6.07) is 10.6. The minimum atomic E-state index is 0.236. The molecule has 0 radical (unpaired) electrons. The molecule has 1 aromatic rings. The fourth-order valence-corrected chi connectivity index (χ4v) is 1.31. The maximum atomic E-state index is 6.01. The largest absolute Gasteiger partial charge is 0.373 e. The molecule has 1 rings (SSSR count). The second-order valence-electron chi connectivity index (χ2n) is 4.12. The van der Waals surface area contributed by atoms with Crippen LogP contribution >= 0.6 is 0 Å². The predicted octanol–water partition coefficient (Wildman–Crippen LogP) is 2.11. The van der Waals surface area contributed by atoms with Gasteiger partial charge in [-0.3, -0.25) is 0 Å². The molecule has 1 aromatic carbocycles. The first kappa shape index (κ1) is 11.1. The minimum absolute atomic E-state index is 0.236. The number of hydrogen-bond donors (Lipinski definition) is 1. The van der Waals surface area contributed by atoms with Crippen molar-refractivity contribution in [3.8, 4) is 0 Å². The molecule has 0 amide bonds. The van der Waals surface area contributed by atoms with Gasteiger partial charge in [0, 0.05) is 25.3 Å². The van der Waals surface area contributed by atoms with E-state index in [1.165, 1.54) is 5.69 Å². The summed E-state index contributed by atoms with van der Waals surface area (Å²) in [4.78, 5) is 2.20. The summed E-state index contributed by atoms with van der Waals surface area (Å²) < 4.78 is 0. The smallest absolute Gasteiger partial charge is 0.0364 e. The predicted molar refractivity (Wildman–Crippen MR) is 62.5 cm³/mol. The molecule has 0 aliphatic heterocycles. The maximum absolute atomic E-state index is 6.01. The maximum Gasteiger partial charge on any atom is 0.0364 e. The lowest BCUT2D eigenvalue weighted by Gasteiger charge is -2.25. The van der Waals surface area contributed by atoms with E-state index in [9.17, 15) is 0 Å². The zero-order valence-corrected chi connectivity index (χ0v) is 9.27. The number of rotatable bonds is 4. The van der Waals surface area contributed by atoms with E-state index in [-0.39, 0.29) is 6.04 Å². The number of benzene rings is 1. The van der Waals surface area contributed by atoms with Crippen LogP contribution in [0.4, 0.5) is 5.69 Å². The topological polar surface area (TPSA) is 29.3 Å². The summed E-state index contributed by atoms with van der Waals surface area (Å²) in [6.45, 7) is 5.22. The molecule has 0 unspecified atom stereocenters. The van der Waals surface area contributed by atoms with Gasteiger partial charge < -0.3 is 10.6 Å². The van der Waals surface area contributed by atoms with E-state index in [2.05, 4.69) is 37.9 Å². The van der Waals surface area contributed by atoms with Crippen LogP contribution in [0.5, 0.6) is 0 Å². The van der Waals surface area contributed by atoms with Gasteiger partial charge in [0.15, 0.2) is 0 Å². The Morgan fingerprint density at radius 3 is 2.29 bits per heavy atom. The summed E-state index contributed by atoms with van der Waals surface area (Å²) in [5.41, 5.74) is 7.24. The second kappa shape index (κ2) is 5.01. The Hall–Kier alpha value is -1.02. The third-order valence-electron chi connectivity index (χ3n) is 2.54. The number of hydrogen-bond acceptors (Lipinski definition) is 2. The van der Waals surface area contributed by atoms with Crippen LogP contribution in [0.15, 0.2) is 30.3 Å². The normalized spacial score (nSPS) is 12.9. The summed E-state index contributed by atoms with van der Waals surface area (Å²) in [6.07, 6.45) is 0. The Kier molecular flexibility index (Phi) is 3.96. The Morgan fingerprint density at radius 1 is 1.21 bits per heavy atom. The molecule has 2 nitrogen and oxygen atoms in total. The Balaban J connectivity index is 2.55. The fraction of sp³-hybridized carbons (Fsp3) is 0.500. The number of anilines is 1. The molecule has 0 spiro atoms. The minimum Gasteiger partial charge on any atom is -0.373 e.